The number of Topliss-reactive ketones (excluding diaryl/α,β-unsaturated/α-hetero) is 2. The van der Waals surface area contributed by atoms with Gasteiger partial charge in [0.15, 0.2) is 23.8 Å². The number of alkyl halides is 1. The molecule has 1 aromatic carbocycles. The third kappa shape index (κ3) is 16.0. The van der Waals surface area contributed by atoms with Crippen LogP contribution in [0.1, 0.15) is 130 Å². The fourth-order valence-electron chi connectivity index (χ4n) is 13.2. The van der Waals surface area contributed by atoms with Gasteiger partial charge in [0.05, 0.1) is 12.1 Å². The molecule has 11 atom stereocenters. The van der Waals surface area contributed by atoms with Crippen molar-refractivity contribution >= 4 is 52.9 Å². The van der Waals surface area contributed by atoms with Crippen LogP contribution >= 0.6 is 0 Å². The zero-order chi connectivity index (χ0) is 59.8. The number of hydrogen-bond acceptors (Lipinski definition) is 15. The van der Waals surface area contributed by atoms with Crippen molar-refractivity contribution in [1.29, 1.82) is 0 Å². The van der Waals surface area contributed by atoms with Crippen molar-refractivity contribution in [1.82, 2.24) is 26.2 Å². The molecule has 3 fully saturated rings. The van der Waals surface area contributed by atoms with Crippen molar-refractivity contribution in [2.45, 2.75) is 161 Å². The number of hydrogen-bond donors (Lipinski definition) is 8. The van der Waals surface area contributed by atoms with Crippen LogP contribution < -0.4 is 32.3 Å². The summed E-state index contributed by atoms with van der Waals surface area (Å²) in [5, 5.41) is 38.1. The highest BCUT2D eigenvalue weighted by atomic mass is 19.1. The molecule has 0 aromatic heterocycles. The van der Waals surface area contributed by atoms with Gasteiger partial charge in [-0.25, -0.2) is 14.0 Å². The van der Waals surface area contributed by atoms with E-state index in [-0.39, 0.29) is 87.4 Å². The van der Waals surface area contributed by atoms with Crippen LogP contribution in [0.2, 0.25) is 0 Å². The number of nitrogens with one attached hydrogen (secondary N) is 5. The number of ketones is 3. The lowest BCUT2D eigenvalue weighted by Crippen LogP contribution is -2.69. The number of amides is 5. The van der Waals surface area contributed by atoms with E-state index < -0.39 is 88.4 Å². The number of anilines is 1. The number of urea groups is 1. The molecule has 20 nitrogen and oxygen atoms in total. The molecule has 0 saturated heterocycles. The lowest BCUT2D eigenvalue weighted by molar-refractivity contribution is -0.220. The average Bonchev–Trinajstić information content (AvgIpc) is 1.36. The summed E-state index contributed by atoms with van der Waals surface area (Å²) in [7, 11) is 1.92. The van der Waals surface area contributed by atoms with Crippen molar-refractivity contribution in [3.8, 4) is 11.8 Å². The van der Waals surface area contributed by atoms with Crippen LogP contribution in [0.15, 0.2) is 48.1 Å². The average molecular weight is 1150 g/mol. The van der Waals surface area contributed by atoms with Crippen LogP contribution in [0.25, 0.3) is 0 Å². The van der Waals surface area contributed by atoms with Gasteiger partial charge in [-0.3, -0.25) is 28.8 Å². The molecule has 1 aromatic rings. The van der Waals surface area contributed by atoms with E-state index in [0.29, 0.717) is 75.1 Å². The molecule has 82 heavy (non-hydrogen) atoms. The summed E-state index contributed by atoms with van der Waals surface area (Å²) < 4.78 is 33.9. The highest BCUT2D eigenvalue weighted by molar-refractivity contribution is 6.01. The molecule has 5 amide bonds. The lowest BCUT2D eigenvalue weighted by Gasteiger charge is -2.62. The Balaban J connectivity index is 0.890. The number of benzene rings is 1. The number of ether oxygens (including phenoxy) is 3. The van der Waals surface area contributed by atoms with E-state index in [4.69, 9.17) is 19.9 Å². The molecule has 9 N–H and O–H groups in total. The Hall–Kier alpha value is -6.05. The summed E-state index contributed by atoms with van der Waals surface area (Å²) in [6, 6.07) is 5.39. The van der Waals surface area contributed by atoms with Crippen molar-refractivity contribution in [2.75, 3.05) is 64.8 Å². The first-order valence-electron chi connectivity index (χ1n) is 29.3. The van der Waals surface area contributed by atoms with Crippen LogP contribution in [0.4, 0.5) is 19.7 Å². The SMILES string of the molecule is CC(C)[C@H](NCCN(C)CCNC(=O)COC1C#CCCCCC1)C(=O)C[C@@H](CCCNC(N)=O)C(=O)Nc1ccc(COC(=O)NCCCC(=O)OCC(=O)[C@@]2(O)[C@H](C)C[C@H]3[C@@H]4CCC5=CC(=O)C=C[C@]5(C)[C@@]4(F)[C@@H](O)C[C@@]32C)cc1. The second-order valence-corrected chi connectivity index (χ2v) is 23.9. The molecule has 0 spiro atoms. The molecule has 1 unspecified atom stereocenters. The molecule has 5 aliphatic carbocycles. The number of nitrogens with zero attached hydrogens (tertiary/aromatic N) is 1. The van der Waals surface area contributed by atoms with Gasteiger partial charge in [0, 0.05) is 86.9 Å². The number of fused-ring (bicyclic) bond motifs is 5. The van der Waals surface area contributed by atoms with E-state index in [1.807, 2.05) is 25.8 Å². The summed E-state index contributed by atoms with van der Waals surface area (Å²) in [5.41, 5.74) is 0.375. The maximum absolute atomic E-state index is 17.5. The number of likely N-dealkylation sites (N-methyl/N-ethyl adjacent to an activating group) is 1. The summed E-state index contributed by atoms with van der Waals surface area (Å²) >= 11 is 0. The summed E-state index contributed by atoms with van der Waals surface area (Å²) in [5.74, 6) is 1.24. The second-order valence-electron chi connectivity index (χ2n) is 23.9. The Kier molecular flexibility index (Phi) is 23.4. The Morgan fingerprint density at radius 2 is 1.65 bits per heavy atom. The van der Waals surface area contributed by atoms with Crippen LogP contribution in [-0.4, -0.2) is 151 Å². The normalized spacial score (nSPS) is 28.1. The van der Waals surface area contributed by atoms with Gasteiger partial charge in [-0.15, -0.1) is 5.92 Å². The van der Waals surface area contributed by atoms with Gasteiger partial charge in [-0.1, -0.05) is 63.8 Å². The van der Waals surface area contributed by atoms with Gasteiger partial charge >= 0.3 is 18.1 Å². The highest BCUT2D eigenvalue weighted by Gasteiger charge is 2.75. The number of halogens is 1. The smallest absolute Gasteiger partial charge is 0.407 e. The minimum absolute atomic E-state index is 0.0408. The molecule has 21 heteroatoms. The largest absolute Gasteiger partial charge is 0.458 e. The van der Waals surface area contributed by atoms with Gasteiger partial charge in [0.2, 0.25) is 17.6 Å². The zero-order valence-electron chi connectivity index (χ0n) is 48.7. The zero-order valence-corrected chi connectivity index (χ0v) is 48.7. The van der Waals surface area contributed by atoms with Crippen molar-refractivity contribution in [2.24, 2.45) is 46.2 Å². The van der Waals surface area contributed by atoms with Gasteiger partial charge < -0.3 is 61.6 Å². The van der Waals surface area contributed by atoms with Crippen LogP contribution in [0.3, 0.4) is 0 Å². The number of allylic oxidation sites excluding steroid dienone is 4. The lowest BCUT2D eigenvalue weighted by atomic mass is 9.44. The molecular formula is C61H88FN7O13. The third-order valence-corrected chi connectivity index (χ3v) is 17.9. The van der Waals surface area contributed by atoms with E-state index in [9.17, 15) is 48.6 Å². The van der Waals surface area contributed by atoms with E-state index in [2.05, 4.69) is 38.4 Å². The van der Waals surface area contributed by atoms with Crippen LogP contribution in [0, 0.1) is 52.3 Å². The fraction of sp³-hybridized carbons (Fsp3) is 0.672. The predicted molar refractivity (Wildman–Crippen MR) is 304 cm³/mol. The summed E-state index contributed by atoms with van der Waals surface area (Å²) in [6.45, 7) is 10.5. The third-order valence-electron chi connectivity index (χ3n) is 17.9. The minimum atomic E-state index is -2.12. The number of rotatable bonds is 29. The van der Waals surface area contributed by atoms with Crippen molar-refractivity contribution in [3.63, 3.8) is 0 Å². The number of carbonyl (C=O) groups is 8. The molecule has 0 aliphatic heterocycles. The fourth-order valence-corrected chi connectivity index (χ4v) is 13.2. The van der Waals surface area contributed by atoms with E-state index >= 15 is 4.39 Å². The number of carbonyl (C=O) groups excluding carboxylic acids is 8. The first-order valence-corrected chi connectivity index (χ1v) is 29.3. The standard InChI is InChI=1S/C61H88FN7O13/c1-39(2)54(65-29-31-69(6)30-28-64-52(74)38-80-46-15-10-8-7-9-11-16-46)49(71)33-42(14-12-26-66-56(63)77)55(76)68-44-21-18-41(19-22-44)36-82-57(78)67-27-13-17-53(75)81-37-51(73)61(79)40(3)32-48-47-23-20-43-34-45(70)24-25-58(43,4)60(47,62)50(72)35-59(48,61)5/h18-19,21-22,24-25,34,39-40,42,46-48,50,54,65,72,79H,7-10,12-15,17,20,23,26-33,35-38H2,1-6H3,(H,64,74)(H,67,78)(H,68,76)(H3,63,66,77)/t40-,42-,46?,47+,48+,50+,54+,58+,59+,60+,61+/m1/s1. The summed E-state index contributed by atoms with van der Waals surface area (Å²) in [6.07, 6.45) is 8.30. The number of aliphatic hydroxyl groups is 2. The van der Waals surface area contributed by atoms with E-state index in [0.717, 1.165) is 32.1 Å². The molecule has 6 rings (SSSR count). The highest BCUT2D eigenvalue weighted by Crippen LogP contribution is 2.70. The van der Waals surface area contributed by atoms with E-state index in [1.165, 1.54) is 12.2 Å². The minimum Gasteiger partial charge on any atom is -0.458 e. The van der Waals surface area contributed by atoms with Crippen LogP contribution in [-0.2, 0) is 49.6 Å². The Bertz CT molecular complexity index is 2590. The quantitative estimate of drug-likeness (QED) is 0.0293. The molecular weight excluding hydrogens is 1060 g/mol. The maximum atomic E-state index is 17.5. The van der Waals surface area contributed by atoms with Crippen LogP contribution in [0.5, 0.6) is 0 Å². The topological polar surface area (TPSA) is 294 Å². The van der Waals surface area contributed by atoms with Gasteiger partial charge in [0.1, 0.15) is 24.9 Å². The summed E-state index contributed by atoms with van der Waals surface area (Å²) in [4.78, 5) is 105. The van der Waals surface area contributed by atoms with Crippen molar-refractivity contribution < 1.29 is 67.2 Å². The number of aliphatic hydroxyl groups excluding tert-OH is 1. The first kappa shape index (κ1) is 65.1. The van der Waals surface area contributed by atoms with E-state index in [1.54, 1.807) is 51.1 Å². The number of alkyl carbamates (subject to hydrolysis) is 1. The molecule has 0 heterocycles. The maximum Gasteiger partial charge on any atom is 0.407 e. The Labute approximate surface area is 481 Å². The number of esters is 1. The number of primary amides is 1. The van der Waals surface area contributed by atoms with Gasteiger partial charge in [-0.2, -0.15) is 0 Å². The van der Waals surface area contributed by atoms with Gasteiger partial charge in [-0.05, 0) is 126 Å². The Morgan fingerprint density at radius 3 is 2.38 bits per heavy atom. The molecule has 0 radical (unpaired) electrons. The molecule has 452 valence electrons. The Morgan fingerprint density at radius 1 is 0.915 bits per heavy atom. The van der Waals surface area contributed by atoms with Crippen molar-refractivity contribution in [3.05, 3.63) is 53.6 Å². The molecule has 5 aliphatic rings. The monoisotopic (exact) mass is 1150 g/mol. The molecule has 3 saturated carbocycles. The molecule has 0 bridgehead atoms. The predicted octanol–water partition coefficient (Wildman–Crippen LogP) is 5.13. The second kappa shape index (κ2) is 29.5. The first-order chi connectivity index (χ1) is 38.9. The number of nitrogens with two attached hydrogens (primary N) is 1. The van der Waals surface area contributed by atoms with Gasteiger partial charge in [0.25, 0.3) is 0 Å².